The molecule has 1 N–H and O–H groups in total. The van der Waals surface area contributed by atoms with Crippen LogP contribution in [0.3, 0.4) is 0 Å². The van der Waals surface area contributed by atoms with E-state index >= 15 is 0 Å². The third-order valence-corrected chi connectivity index (χ3v) is 5.98. The third kappa shape index (κ3) is 6.75. The summed E-state index contributed by atoms with van der Waals surface area (Å²) < 4.78 is 40.8. The van der Waals surface area contributed by atoms with Crippen LogP contribution in [0.4, 0.5) is 18.9 Å². The summed E-state index contributed by atoms with van der Waals surface area (Å²) in [5.41, 5.74) is 1.16. The number of pyridine rings is 2. The van der Waals surface area contributed by atoms with Crippen molar-refractivity contribution in [1.82, 2.24) is 14.9 Å². The molecule has 194 valence electrons. The Morgan fingerprint density at radius 1 is 0.974 bits per heavy atom. The molecular weight excluding hydrogens is 489 g/mol. The molecule has 2 aromatic heterocycles. The zero-order valence-electron chi connectivity index (χ0n) is 21.1. The number of nitrogens with zero attached hydrogens (tertiary/aromatic N) is 3. The summed E-state index contributed by atoms with van der Waals surface area (Å²) in [7, 11) is 0. The highest BCUT2D eigenvalue weighted by Gasteiger charge is 2.31. The maximum atomic E-state index is 13.6. The van der Waals surface area contributed by atoms with E-state index in [9.17, 15) is 18.0 Å². The van der Waals surface area contributed by atoms with Gasteiger partial charge in [0.05, 0.1) is 16.7 Å². The number of anilines is 1. The van der Waals surface area contributed by atoms with E-state index in [1.807, 2.05) is 38.1 Å². The van der Waals surface area contributed by atoms with Gasteiger partial charge in [0.25, 0.3) is 5.91 Å². The number of rotatable bonds is 7. The summed E-state index contributed by atoms with van der Waals surface area (Å²) in [5.74, 6) is 5.50. The van der Waals surface area contributed by atoms with Crippen molar-refractivity contribution >= 4 is 22.4 Å². The van der Waals surface area contributed by atoms with Crippen LogP contribution in [0.5, 0.6) is 0 Å². The first kappa shape index (κ1) is 26.8. The van der Waals surface area contributed by atoms with Gasteiger partial charge >= 0.3 is 6.18 Å². The van der Waals surface area contributed by atoms with Gasteiger partial charge in [-0.1, -0.05) is 50.0 Å². The van der Waals surface area contributed by atoms with Crippen LogP contribution >= 0.6 is 0 Å². The van der Waals surface area contributed by atoms with E-state index < -0.39 is 17.6 Å². The molecule has 8 heteroatoms. The van der Waals surface area contributed by atoms with E-state index in [1.54, 1.807) is 24.5 Å². The number of nitrogens with one attached hydrogen (secondary N) is 1. The molecule has 0 atom stereocenters. The topological polar surface area (TPSA) is 58.1 Å². The van der Waals surface area contributed by atoms with Gasteiger partial charge in [-0.2, -0.15) is 13.2 Å². The number of hydrogen-bond donors (Lipinski definition) is 1. The molecule has 0 radical (unpaired) electrons. The lowest BCUT2D eigenvalue weighted by Crippen LogP contribution is -2.24. The molecule has 0 bridgehead atoms. The van der Waals surface area contributed by atoms with Gasteiger partial charge in [-0.05, 0) is 49.3 Å². The fourth-order valence-electron chi connectivity index (χ4n) is 4.13. The van der Waals surface area contributed by atoms with Crippen LogP contribution in [-0.2, 0) is 12.7 Å². The first-order valence-electron chi connectivity index (χ1n) is 12.3. The fourth-order valence-corrected chi connectivity index (χ4v) is 4.13. The SMILES string of the molecule is CCCN(CC)Cc1cc(NC(=O)c2cncc(C#Cc3cncc4ccccc34)c2)cc(C(F)(F)F)c1. The van der Waals surface area contributed by atoms with Gasteiger partial charge in [0.2, 0.25) is 0 Å². The molecule has 0 aliphatic carbocycles. The van der Waals surface area contributed by atoms with Crippen LogP contribution in [0, 0.1) is 11.8 Å². The van der Waals surface area contributed by atoms with Crippen LogP contribution in [0.2, 0.25) is 0 Å². The van der Waals surface area contributed by atoms with Crippen molar-refractivity contribution in [1.29, 1.82) is 0 Å². The fraction of sp³-hybridized carbons (Fsp3) is 0.233. The summed E-state index contributed by atoms with van der Waals surface area (Å²) >= 11 is 0. The Balaban J connectivity index is 1.58. The van der Waals surface area contributed by atoms with Crippen molar-refractivity contribution in [3.63, 3.8) is 0 Å². The van der Waals surface area contributed by atoms with Gasteiger partial charge in [0.15, 0.2) is 0 Å². The monoisotopic (exact) mass is 516 g/mol. The van der Waals surface area contributed by atoms with Gasteiger partial charge in [0.1, 0.15) is 0 Å². The number of carbonyl (C=O) groups excluding carboxylic acids is 1. The first-order chi connectivity index (χ1) is 18.3. The largest absolute Gasteiger partial charge is 0.416 e. The molecule has 2 aromatic carbocycles. The number of hydrogen-bond acceptors (Lipinski definition) is 4. The molecular formula is C30H27F3N4O. The van der Waals surface area contributed by atoms with Gasteiger partial charge in [-0.25, -0.2) is 0 Å². The number of halogens is 3. The molecule has 2 heterocycles. The van der Waals surface area contributed by atoms with Gasteiger partial charge in [0, 0.05) is 53.4 Å². The Kier molecular flexibility index (Phi) is 8.39. The van der Waals surface area contributed by atoms with Crippen molar-refractivity contribution in [2.24, 2.45) is 0 Å². The van der Waals surface area contributed by atoms with Gasteiger partial charge in [-0.15, -0.1) is 0 Å². The van der Waals surface area contributed by atoms with Gasteiger partial charge in [-0.3, -0.25) is 19.7 Å². The smallest absolute Gasteiger partial charge is 0.322 e. The van der Waals surface area contributed by atoms with Crippen molar-refractivity contribution in [2.75, 3.05) is 18.4 Å². The quantitative estimate of drug-likeness (QED) is 0.284. The number of amides is 1. The second-order valence-corrected chi connectivity index (χ2v) is 8.86. The number of benzene rings is 2. The lowest BCUT2D eigenvalue weighted by Gasteiger charge is -2.21. The van der Waals surface area contributed by atoms with E-state index in [-0.39, 0.29) is 11.3 Å². The maximum Gasteiger partial charge on any atom is 0.416 e. The first-order valence-corrected chi connectivity index (χ1v) is 12.3. The van der Waals surface area contributed by atoms with Crippen molar-refractivity contribution in [3.05, 3.63) is 101 Å². The summed E-state index contributed by atoms with van der Waals surface area (Å²) in [6, 6.07) is 13.0. The van der Waals surface area contributed by atoms with Crippen LogP contribution in [0.25, 0.3) is 10.8 Å². The van der Waals surface area contributed by atoms with Crippen molar-refractivity contribution < 1.29 is 18.0 Å². The second kappa shape index (κ2) is 11.9. The highest BCUT2D eigenvalue weighted by Crippen LogP contribution is 2.32. The molecule has 38 heavy (non-hydrogen) atoms. The standard InChI is InChI=1S/C30H27F3N4O/c1-3-11-37(4-2)20-22-13-26(30(31,32)33)15-27(14-22)36-29(38)25-12-21(16-34-19-25)9-10-24-18-35-17-23-7-5-6-8-28(23)24/h5-8,12-19H,3-4,11,20H2,1-2H3,(H,36,38). The number of aromatic nitrogens is 2. The molecule has 0 saturated heterocycles. The Morgan fingerprint density at radius 2 is 1.76 bits per heavy atom. The Bertz CT molecular complexity index is 1500. The minimum atomic E-state index is -4.54. The third-order valence-electron chi connectivity index (χ3n) is 5.98. The molecule has 0 unspecified atom stereocenters. The summed E-state index contributed by atoms with van der Waals surface area (Å²) in [5, 5.41) is 4.52. The Labute approximate surface area is 219 Å². The predicted octanol–water partition coefficient (Wildman–Crippen LogP) is 6.53. The summed E-state index contributed by atoms with van der Waals surface area (Å²) in [6.07, 6.45) is 2.66. The second-order valence-electron chi connectivity index (χ2n) is 8.86. The molecule has 5 nitrogen and oxygen atoms in total. The minimum absolute atomic E-state index is 0.0747. The zero-order valence-corrected chi connectivity index (χ0v) is 21.1. The van der Waals surface area contributed by atoms with E-state index in [0.29, 0.717) is 24.2 Å². The van der Waals surface area contributed by atoms with E-state index in [2.05, 4.69) is 32.0 Å². The van der Waals surface area contributed by atoms with E-state index in [0.717, 1.165) is 41.4 Å². The normalized spacial score (nSPS) is 11.3. The molecule has 1 amide bonds. The molecule has 0 saturated carbocycles. The average molecular weight is 517 g/mol. The highest BCUT2D eigenvalue weighted by molar-refractivity contribution is 6.04. The minimum Gasteiger partial charge on any atom is -0.322 e. The summed E-state index contributed by atoms with van der Waals surface area (Å²) in [6.45, 7) is 5.81. The zero-order chi connectivity index (χ0) is 27.1. The van der Waals surface area contributed by atoms with Gasteiger partial charge < -0.3 is 5.32 Å². The molecule has 0 fully saturated rings. The Hall–Kier alpha value is -4.22. The molecule has 0 aliphatic heterocycles. The highest BCUT2D eigenvalue weighted by atomic mass is 19.4. The molecule has 0 spiro atoms. The Morgan fingerprint density at radius 3 is 2.53 bits per heavy atom. The van der Waals surface area contributed by atoms with Crippen LogP contribution in [-0.4, -0.2) is 33.9 Å². The number of alkyl halides is 3. The van der Waals surface area contributed by atoms with Crippen LogP contribution < -0.4 is 5.32 Å². The summed E-state index contributed by atoms with van der Waals surface area (Å²) in [4.78, 5) is 23.3. The van der Waals surface area contributed by atoms with Crippen LogP contribution in [0.1, 0.15) is 52.9 Å². The lowest BCUT2D eigenvalue weighted by atomic mass is 10.1. The number of carbonyl (C=O) groups is 1. The van der Waals surface area contributed by atoms with Crippen LogP contribution in [0.15, 0.2) is 73.3 Å². The maximum absolute atomic E-state index is 13.6. The van der Waals surface area contributed by atoms with Crippen molar-refractivity contribution in [3.8, 4) is 11.8 Å². The number of fused-ring (bicyclic) bond motifs is 1. The van der Waals surface area contributed by atoms with E-state index in [1.165, 1.54) is 12.4 Å². The molecule has 0 aliphatic rings. The average Bonchev–Trinajstić information content (AvgIpc) is 2.91. The predicted molar refractivity (Wildman–Crippen MR) is 143 cm³/mol. The molecule has 4 aromatic rings. The molecule has 4 rings (SSSR count). The van der Waals surface area contributed by atoms with E-state index in [4.69, 9.17) is 0 Å². The van der Waals surface area contributed by atoms with Crippen molar-refractivity contribution in [2.45, 2.75) is 33.0 Å². The lowest BCUT2D eigenvalue weighted by molar-refractivity contribution is -0.137.